The van der Waals surface area contributed by atoms with Crippen LogP contribution in [0.5, 0.6) is 0 Å². The van der Waals surface area contributed by atoms with Gasteiger partial charge in [-0.3, -0.25) is 0 Å². The summed E-state index contributed by atoms with van der Waals surface area (Å²) in [5.74, 6) is 0. The fourth-order valence-corrected chi connectivity index (χ4v) is 3.98. The molecule has 0 saturated carbocycles. The first kappa shape index (κ1) is 25.4. The van der Waals surface area contributed by atoms with Crippen molar-refractivity contribution in [2.24, 2.45) is 0 Å². The summed E-state index contributed by atoms with van der Waals surface area (Å²) < 4.78 is 0. The summed E-state index contributed by atoms with van der Waals surface area (Å²) in [6.45, 7) is 3.58. The van der Waals surface area contributed by atoms with Crippen LogP contribution in [-0.2, 0) is 6.54 Å². The van der Waals surface area contributed by atoms with E-state index in [-0.39, 0.29) is 0 Å². The van der Waals surface area contributed by atoms with Gasteiger partial charge in [-0.1, -0.05) is 107 Å². The van der Waals surface area contributed by atoms with Crippen LogP contribution in [0.2, 0.25) is 0 Å². The van der Waals surface area contributed by atoms with Crippen molar-refractivity contribution in [2.75, 3.05) is 19.3 Å². The SMILES string of the molecule is [Si]CNCCCCCCCCCCCCCCCCC[NH2+]Cc1ccccc1. The Morgan fingerprint density at radius 3 is 1.57 bits per heavy atom. The Balaban J connectivity index is 1.67. The summed E-state index contributed by atoms with van der Waals surface area (Å²) >= 11 is 0. The second kappa shape index (κ2) is 21.1. The molecule has 0 heterocycles. The van der Waals surface area contributed by atoms with Gasteiger partial charge in [-0.15, -0.1) is 0 Å². The Morgan fingerprint density at radius 2 is 1.07 bits per heavy atom. The zero-order chi connectivity index (χ0) is 20.0. The summed E-state index contributed by atoms with van der Waals surface area (Å²) in [6.07, 6.45) is 22.4. The summed E-state index contributed by atoms with van der Waals surface area (Å²) in [4.78, 5) is 0. The lowest BCUT2D eigenvalue weighted by atomic mass is 10.0. The lowest BCUT2D eigenvalue weighted by Crippen LogP contribution is -2.82. The van der Waals surface area contributed by atoms with Gasteiger partial charge in [0.1, 0.15) is 6.54 Å². The fraction of sp³-hybridized carbons (Fsp3) is 0.760. The van der Waals surface area contributed by atoms with Crippen molar-refractivity contribution < 1.29 is 5.32 Å². The molecule has 0 unspecified atom stereocenters. The van der Waals surface area contributed by atoms with Crippen LogP contribution in [0.4, 0.5) is 0 Å². The molecule has 159 valence electrons. The fourth-order valence-electron chi connectivity index (χ4n) is 3.81. The number of nitrogens with one attached hydrogen (secondary N) is 1. The predicted molar refractivity (Wildman–Crippen MR) is 125 cm³/mol. The van der Waals surface area contributed by atoms with E-state index in [4.69, 9.17) is 0 Å². The molecule has 1 aromatic carbocycles. The molecule has 0 amide bonds. The molecule has 0 aliphatic rings. The van der Waals surface area contributed by atoms with Gasteiger partial charge in [0, 0.05) is 15.8 Å². The molecule has 0 bridgehead atoms. The molecule has 0 aliphatic heterocycles. The highest BCUT2D eigenvalue weighted by Crippen LogP contribution is 2.13. The van der Waals surface area contributed by atoms with Crippen molar-refractivity contribution in [1.29, 1.82) is 0 Å². The zero-order valence-electron chi connectivity index (χ0n) is 18.4. The van der Waals surface area contributed by atoms with Crippen LogP contribution in [-0.4, -0.2) is 29.5 Å². The molecule has 28 heavy (non-hydrogen) atoms. The van der Waals surface area contributed by atoms with Gasteiger partial charge in [-0.2, -0.15) is 0 Å². The number of quaternary nitrogens is 1. The first-order valence-electron chi connectivity index (χ1n) is 12.1. The van der Waals surface area contributed by atoms with Crippen molar-refractivity contribution in [1.82, 2.24) is 5.32 Å². The Hall–Kier alpha value is -0.643. The van der Waals surface area contributed by atoms with Crippen molar-refractivity contribution in [3.8, 4) is 0 Å². The smallest absolute Gasteiger partial charge is 0.101 e. The van der Waals surface area contributed by atoms with Crippen LogP contribution < -0.4 is 10.6 Å². The molecule has 2 nitrogen and oxygen atoms in total. The molecule has 3 heteroatoms. The van der Waals surface area contributed by atoms with E-state index in [1.807, 2.05) is 0 Å². The van der Waals surface area contributed by atoms with Gasteiger partial charge in [0.05, 0.1) is 6.54 Å². The van der Waals surface area contributed by atoms with E-state index >= 15 is 0 Å². The zero-order valence-corrected chi connectivity index (χ0v) is 19.4. The lowest BCUT2D eigenvalue weighted by molar-refractivity contribution is -0.671. The molecule has 0 saturated heterocycles. The molecule has 0 fully saturated rings. The van der Waals surface area contributed by atoms with Crippen LogP contribution in [0.25, 0.3) is 0 Å². The number of hydrogen-bond acceptors (Lipinski definition) is 1. The average Bonchev–Trinajstić information content (AvgIpc) is 2.73. The summed E-state index contributed by atoms with van der Waals surface area (Å²) in [5.41, 5.74) is 1.45. The molecule has 3 radical (unpaired) electrons. The van der Waals surface area contributed by atoms with Gasteiger partial charge in [0.2, 0.25) is 0 Å². The van der Waals surface area contributed by atoms with Gasteiger partial charge in [-0.05, 0) is 32.0 Å². The standard InChI is InChI=1S/C25H45N2Si/c28-24-27-22-18-13-11-9-7-5-3-1-2-4-6-8-10-12-17-21-26-23-25-19-15-14-16-20-25/h14-16,19-20,26-27H,1-13,17-18,21-24H2/p+1. The Morgan fingerprint density at radius 1 is 0.607 bits per heavy atom. The molecular formula is C25H46N2Si+. The molecule has 1 aromatic rings. The molecular weight excluding hydrogens is 356 g/mol. The minimum absolute atomic E-state index is 0.925. The molecule has 0 aromatic heterocycles. The van der Waals surface area contributed by atoms with Crippen molar-refractivity contribution in [3.63, 3.8) is 0 Å². The van der Waals surface area contributed by atoms with Gasteiger partial charge in [0.15, 0.2) is 0 Å². The van der Waals surface area contributed by atoms with Crippen LogP contribution in [0.15, 0.2) is 30.3 Å². The van der Waals surface area contributed by atoms with Crippen molar-refractivity contribution in [2.45, 2.75) is 103 Å². The molecule has 1 rings (SSSR count). The highest BCUT2D eigenvalue weighted by Gasteiger charge is 1.96. The normalized spacial score (nSPS) is 11.2. The third-order valence-corrected chi connectivity index (χ3v) is 5.86. The van der Waals surface area contributed by atoms with E-state index in [0.717, 1.165) is 19.3 Å². The van der Waals surface area contributed by atoms with E-state index in [2.05, 4.69) is 51.2 Å². The van der Waals surface area contributed by atoms with Crippen LogP contribution >= 0.6 is 0 Å². The second-order valence-electron chi connectivity index (χ2n) is 8.25. The number of rotatable bonds is 21. The average molecular weight is 403 g/mol. The van der Waals surface area contributed by atoms with E-state index in [1.54, 1.807) is 0 Å². The van der Waals surface area contributed by atoms with Crippen molar-refractivity contribution >= 4 is 10.2 Å². The predicted octanol–water partition coefficient (Wildman–Crippen LogP) is 5.32. The maximum absolute atomic E-state index is 3.44. The van der Waals surface area contributed by atoms with Crippen LogP contribution in [0, 0.1) is 0 Å². The van der Waals surface area contributed by atoms with Gasteiger partial charge < -0.3 is 10.6 Å². The van der Waals surface area contributed by atoms with E-state index in [9.17, 15) is 0 Å². The number of hydrogen-bond donors (Lipinski definition) is 2. The second-order valence-corrected chi connectivity index (χ2v) is 8.60. The van der Waals surface area contributed by atoms with E-state index in [1.165, 1.54) is 108 Å². The highest BCUT2D eigenvalue weighted by atomic mass is 28.1. The summed E-state index contributed by atoms with van der Waals surface area (Å²) in [5, 5.41) is 5.78. The van der Waals surface area contributed by atoms with E-state index in [0.29, 0.717) is 0 Å². The third kappa shape index (κ3) is 17.5. The van der Waals surface area contributed by atoms with Crippen LogP contribution in [0.1, 0.15) is 102 Å². The van der Waals surface area contributed by atoms with Crippen LogP contribution in [0.3, 0.4) is 0 Å². The summed E-state index contributed by atoms with van der Waals surface area (Å²) in [7, 11) is 3.44. The van der Waals surface area contributed by atoms with Gasteiger partial charge in [0.25, 0.3) is 0 Å². The topological polar surface area (TPSA) is 28.6 Å². The monoisotopic (exact) mass is 402 g/mol. The maximum Gasteiger partial charge on any atom is 0.101 e. The third-order valence-electron chi connectivity index (χ3n) is 5.61. The van der Waals surface area contributed by atoms with Crippen molar-refractivity contribution in [3.05, 3.63) is 35.9 Å². The number of unbranched alkanes of at least 4 members (excludes halogenated alkanes) is 14. The van der Waals surface area contributed by atoms with Gasteiger partial charge >= 0.3 is 0 Å². The highest BCUT2D eigenvalue weighted by molar-refractivity contribution is 6.08. The molecule has 0 atom stereocenters. The maximum atomic E-state index is 3.44. The Kier molecular flexibility index (Phi) is 19.1. The first-order chi connectivity index (χ1) is 13.9. The van der Waals surface area contributed by atoms with E-state index < -0.39 is 0 Å². The number of benzene rings is 1. The molecule has 3 N–H and O–H groups in total. The minimum atomic E-state index is 0.925. The summed E-state index contributed by atoms with van der Waals surface area (Å²) in [6, 6.07) is 10.8. The van der Waals surface area contributed by atoms with Gasteiger partial charge in [-0.25, -0.2) is 0 Å². The Labute approximate surface area is 179 Å². The Bertz CT molecular complexity index is 410. The first-order valence-corrected chi connectivity index (χ1v) is 12.8. The molecule has 0 aliphatic carbocycles. The molecule has 0 spiro atoms. The number of nitrogens with two attached hydrogens (primary N) is 1. The quantitative estimate of drug-likeness (QED) is 0.211. The largest absolute Gasteiger partial charge is 0.343 e. The minimum Gasteiger partial charge on any atom is -0.343 e. The lowest BCUT2D eigenvalue weighted by Gasteiger charge is -2.04.